The molecule has 0 aliphatic rings. The second-order valence-electron chi connectivity index (χ2n) is 5.22. The van der Waals surface area contributed by atoms with Crippen LogP contribution in [-0.2, 0) is 9.59 Å². The average molecular weight is 363 g/mol. The maximum absolute atomic E-state index is 12.5. The van der Waals surface area contributed by atoms with Crippen LogP contribution >= 0.6 is 23.4 Å². The molecular formula is C18H19ClN2O2S. The molecule has 0 spiro atoms. The van der Waals surface area contributed by atoms with Crippen LogP contribution in [0.4, 0.5) is 11.4 Å². The molecule has 126 valence electrons. The molecule has 0 radical (unpaired) electrons. The number of rotatable bonds is 6. The summed E-state index contributed by atoms with van der Waals surface area (Å²) >= 11 is 7.38. The Hall–Kier alpha value is -1.98. The van der Waals surface area contributed by atoms with E-state index in [4.69, 9.17) is 11.6 Å². The van der Waals surface area contributed by atoms with Crippen LogP contribution in [0.15, 0.2) is 53.4 Å². The van der Waals surface area contributed by atoms with Gasteiger partial charge in [0.15, 0.2) is 0 Å². The molecule has 0 saturated heterocycles. The van der Waals surface area contributed by atoms with Crippen molar-refractivity contribution in [2.75, 3.05) is 10.6 Å². The average Bonchev–Trinajstić information content (AvgIpc) is 2.54. The normalized spacial score (nSPS) is 11.6. The third kappa shape index (κ3) is 5.58. The van der Waals surface area contributed by atoms with Gasteiger partial charge in [-0.2, -0.15) is 0 Å². The first-order valence-corrected chi connectivity index (χ1v) is 8.84. The first-order chi connectivity index (χ1) is 11.5. The highest BCUT2D eigenvalue weighted by molar-refractivity contribution is 8.00. The quantitative estimate of drug-likeness (QED) is 0.725. The molecule has 0 aliphatic heterocycles. The van der Waals surface area contributed by atoms with Gasteiger partial charge in [-0.3, -0.25) is 9.59 Å². The SMILES string of the molecule is CC[C@@H](Sc1ccc(Cl)cc1)C(=O)Nc1cccc(NC(C)=O)c1. The molecule has 0 unspecified atom stereocenters. The molecule has 0 heterocycles. The van der Waals surface area contributed by atoms with Gasteiger partial charge in [0.1, 0.15) is 0 Å². The summed E-state index contributed by atoms with van der Waals surface area (Å²) < 4.78 is 0. The monoisotopic (exact) mass is 362 g/mol. The molecule has 4 nitrogen and oxygen atoms in total. The molecule has 0 aromatic heterocycles. The Morgan fingerprint density at radius 3 is 2.29 bits per heavy atom. The Morgan fingerprint density at radius 1 is 1.08 bits per heavy atom. The largest absolute Gasteiger partial charge is 0.326 e. The van der Waals surface area contributed by atoms with Crippen molar-refractivity contribution in [1.29, 1.82) is 0 Å². The highest BCUT2D eigenvalue weighted by Gasteiger charge is 2.18. The van der Waals surface area contributed by atoms with Gasteiger partial charge in [-0.15, -0.1) is 11.8 Å². The maximum Gasteiger partial charge on any atom is 0.237 e. The van der Waals surface area contributed by atoms with Gasteiger partial charge >= 0.3 is 0 Å². The van der Waals surface area contributed by atoms with E-state index in [0.717, 1.165) is 4.90 Å². The molecule has 0 fully saturated rings. The summed E-state index contributed by atoms with van der Waals surface area (Å²) in [7, 11) is 0. The van der Waals surface area contributed by atoms with Crippen molar-refractivity contribution in [3.05, 3.63) is 53.6 Å². The first-order valence-electron chi connectivity index (χ1n) is 7.58. The Balaban J connectivity index is 2.03. The minimum Gasteiger partial charge on any atom is -0.326 e. The third-order valence-corrected chi connectivity index (χ3v) is 4.83. The lowest BCUT2D eigenvalue weighted by Gasteiger charge is -2.15. The summed E-state index contributed by atoms with van der Waals surface area (Å²) in [6.45, 7) is 3.42. The van der Waals surface area contributed by atoms with E-state index in [2.05, 4.69) is 10.6 Å². The van der Waals surface area contributed by atoms with E-state index in [1.165, 1.54) is 18.7 Å². The van der Waals surface area contributed by atoms with Gasteiger partial charge in [0, 0.05) is 28.2 Å². The van der Waals surface area contributed by atoms with E-state index in [-0.39, 0.29) is 17.1 Å². The number of anilines is 2. The minimum absolute atomic E-state index is 0.0718. The number of amides is 2. The lowest BCUT2D eigenvalue weighted by Crippen LogP contribution is -2.24. The minimum atomic E-state index is -0.212. The Kier molecular flexibility index (Phi) is 6.70. The van der Waals surface area contributed by atoms with Crippen molar-refractivity contribution in [2.45, 2.75) is 30.4 Å². The summed E-state index contributed by atoms with van der Waals surface area (Å²) in [5.41, 5.74) is 1.31. The molecule has 2 N–H and O–H groups in total. The number of thioether (sulfide) groups is 1. The van der Waals surface area contributed by atoms with E-state index in [0.29, 0.717) is 22.8 Å². The molecule has 0 saturated carbocycles. The molecule has 2 rings (SSSR count). The van der Waals surface area contributed by atoms with Gasteiger partial charge in [0.2, 0.25) is 11.8 Å². The van der Waals surface area contributed by atoms with Crippen molar-refractivity contribution in [3.63, 3.8) is 0 Å². The number of carbonyl (C=O) groups excluding carboxylic acids is 2. The summed E-state index contributed by atoms with van der Waals surface area (Å²) in [5, 5.41) is 6.06. The molecule has 2 aromatic carbocycles. The Bertz CT molecular complexity index is 719. The topological polar surface area (TPSA) is 58.2 Å². The molecule has 6 heteroatoms. The highest BCUT2D eigenvalue weighted by Crippen LogP contribution is 2.28. The zero-order valence-electron chi connectivity index (χ0n) is 13.5. The predicted octanol–water partition coefficient (Wildman–Crippen LogP) is 4.81. The van der Waals surface area contributed by atoms with Crippen LogP contribution < -0.4 is 10.6 Å². The second kappa shape index (κ2) is 8.76. The molecule has 0 aliphatic carbocycles. The van der Waals surface area contributed by atoms with Crippen LogP contribution in [0.3, 0.4) is 0 Å². The number of halogens is 1. The van der Waals surface area contributed by atoms with Gasteiger partial charge in [-0.25, -0.2) is 0 Å². The zero-order chi connectivity index (χ0) is 17.5. The highest BCUT2D eigenvalue weighted by atomic mass is 35.5. The summed E-state index contributed by atoms with van der Waals surface area (Å²) in [4.78, 5) is 24.6. The third-order valence-electron chi connectivity index (χ3n) is 3.21. The van der Waals surface area contributed by atoms with Gasteiger partial charge in [-0.05, 0) is 48.9 Å². The fourth-order valence-electron chi connectivity index (χ4n) is 2.10. The number of benzene rings is 2. The molecule has 1 atom stereocenters. The van der Waals surface area contributed by atoms with Crippen LogP contribution in [0.2, 0.25) is 5.02 Å². The fourth-order valence-corrected chi connectivity index (χ4v) is 3.18. The van der Waals surface area contributed by atoms with Crippen molar-refractivity contribution in [1.82, 2.24) is 0 Å². The van der Waals surface area contributed by atoms with Crippen molar-refractivity contribution >= 4 is 46.6 Å². The fraction of sp³-hybridized carbons (Fsp3) is 0.222. The van der Waals surface area contributed by atoms with E-state index >= 15 is 0 Å². The van der Waals surface area contributed by atoms with Gasteiger partial charge in [0.25, 0.3) is 0 Å². The van der Waals surface area contributed by atoms with Crippen LogP contribution in [0, 0.1) is 0 Å². The molecule has 24 heavy (non-hydrogen) atoms. The molecular weight excluding hydrogens is 344 g/mol. The lowest BCUT2D eigenvalue weighted by molar-refractivity contribution is -0.116. The summed E-state index contributed by atoms with van der Waals surface area (Å²) in [5.74, 6) is -0.222. The maximum atomic E-state index is 12.5. The number of carbonyl (C=O) groups is 2. The molecule has 2 aromatic rings. The van der Waals surface area contributed by atoms with Crippen LogP contribution in [0.1, 0.15) is 20.3 Å². The van der Waals surface area contributed by atoms with Crippen molar-refractivity contribution in [2.24, 2.45) is 0 Å². The number of hydrogen-bond acceptors (Lipinski definition) is 3. The van der Waals surface area contributed by atoms with Crippen LogP contribution in [0.5, 0.6) is 0 Å². The van der Waals surface area contributed by atoms with Crippen LogP contribution in [0.25, 0.3) is 0 Å². The van der Waals surface area contributed by atoms with Crippen molar-refractivity contribution < 1.29 is 9.59 Å². The molecule has 2 amide bonds. The number of hydrogen-bond donors (Lipinski definition) is 2. The standard InChI is InChI=1S/C18H19ClN2O2S/c1-3-17(24-16-9-7-13(19)8-10-16)18(23)21-15-6-4-5-14(11-15)20-12(2)22/h4-11,17H,3H2,1-2H3,(H,20,22)(H,21,23)/t17-/m1/s1. The Labute approximate surface area is 151 Å². The van der Waals surface area contributed by atoms with E-state index in [9.17, 15) is 9.59 Å². The van der Waals surface area contributed by atoms with E-state index in [1.807, 2.05) is 31.2 Å². The van der Waals surface area contributed by atoms with Gasteiger partial charge in [-0.1, -0.05) is 24.6 Å². The van der Waals surface area contributed by atoms with E-state index in [1.54, 1.807) is 24.3 Å². The summed E-state index contributed by atoms with van der Waals surface area (Å²) in [6, 6.07) is 14.5. The van der Waals surface area contributed by atoms with Crippen LogP contribution in [-0.4, -0.2) is 17.1 Å². The Morgan fingerprint density at radius 2 is 1.71 bits per heavy atom. The smallest absolute Gasteiger partial charge is 0.237 e. The van der Waals surface area contributed by atoms with E-state index < -0.39 is 0 Å². The van der Waals surface area contributed by atoms with Crippen molar-refractivity contribution in [3.8, 4) is 0 Å². The predicted molar refractivity (Wildman–Crippen MR) is 101 cm³/mol. The second-order valence-corrected chi connectivity index (χ2v) is 6.93. The lowest BCUT2D eigenvalue weighted by atomic mass is 10.2. The van der Waals surface area contributed by atoms with Gasteiger partial charge in [0.05, 0.1) is 5.25 Å². The van der Waals surface area contributed by atoms with Gasteiger partial charge < -0.3 is 10.6 Å². The number of nitrogens with one attached hydrogen (secondary N) is 2. The first kappa shape index (κ1) is 18.4. The zero-order valence-corrected chi connectivity index (χ0v) is 15.1. The molecule has 0 bridgehead atoms. The summed E-state index contributed by atoms with van der Waals surface area (Å²) in [6.07, 6.45) is 0.699.